The van der Waals surface area contributed by atoms with Crippen molar-refractivity contribution >= 4 is 75.7 Å². The van der Waals surface area contributed by atoms with Crippen LogP contribution in [0.2, 0.25) is 5.02 Å². The van der Waals surface area contributed by atoms with E-state index in [1.165, 1.54) is 11.1 Å². The molecule has 7 rings (SSSR count). The lowest BCUT2D eigenvalue weighted by molar-refractivity contribution is -0.137. The summed E-state index contributed by atoms with van der Waals surface area (Å²) in [7, 11) is 3.18. The van der Waals surface area contributed by atoms with Crippen molar-refractivity contribution in [1.82, 2.24) is 30.4 Å². The minimum atomic E-state index is -0.711. The number of nitrogens with one attached hydrogen (secondary N) is 5. The van der Waals surface area contributed by atoms with Crippen LogP contribution in [0.3, 0.4) is 0 Å². The van der Waals surface area contributed by atoms with Crippen molar-refractivity contribution in [2.24, 2.45) is 0 Å². The van der Waals surface area contributed by atoms with Crippen molar-refractivity contribution in [3.63, 3.8) is 0 Å². The summed E-state index contributed by atoms with van der Waals surface area (Å²) < 4.78 is 5.74. The Morgan fingerprint density at radius 2 is 1.74 bits per heavy atom. The molecule has 3 aliphatic rings. The third-order valence-electron chi connectivity index (χ3n) is 10.5. The normalized spacial score (nSPS) is 16.7. The predicted octanol–water partition coefficient (Wildman–Crippen LogP) is 4.68. The van der Waals surface area contributed by atoms with Crippen LogP contribution in [0.15, 0.2) is 66.9 Å². The number of benzene rings is 3. The number of methoxy groups -OCH3 is 1. The molecule has 302 valence electrons. The van der Waals surface area contributed by atoms with Crippen LogP contribution in [0.1, 0.15) is 58.4 Å². The van der Waals surface area contributed by atoms with Gasteiger partial charge in [-0.2, -0.15) is 4.98 Å². The van der Waals surface area contributed by atoms with Gasteiger partial charge in [-0.25, -0.2) is 4.98 Å². The highest BCUT2D eigenvalue weighted by Gasteiger charge is 2.40. The van der Waals surface area contributed by atoms with Crippen LogP contribution in [0, 0.1) is 0 Å². The van der Waals surface area contributed by atoms with E-state index in [4.69, 9.17) is 16.3 Å². The highest BCUT2D eigenvalue weighted by Crippen LogP contribution is 2.34. The molecule has 0 aliphatic carbocycles. The molecule has 3 aliphatic heterocycles. The van der Waals surface area contributed by atoms with Gasteiger partial charge < -0.3 is 35.8 Å². The molecule has 1 atom stereocenters. The number of hydrogen-bond acceptors (Lipinski definition) is 12. The Kier molecular flexibility index (Phi) is 12.3. The minimum Gasteiger partial charge on any atom is -0.494 e. The first-order valence-electron chi connectivity index (χ1n) is 19.2. The van der Waals surface area contributed by atoms with E-state index in [-0.39, 0.29) is 48.0 Å². The monoisotopic (exact) mass is 808 g/mol. The summed E-state index contributed by atoms with van der Waals surface area (Å²) in [6, 6.07) is 17.5. The zero-order chi connectivity index (χ0) is 40.8. The molecule has 0 saturated carbocycles. The van der Waals surface area contributed by atoms with E-state index < -0.39 is 11.9 Å². The molecule has 2 fully saturated rings. The van der Waals surface area contributed by atoms with Gasteiger partial charge in [-0.15, -0.1) is 0 Å². The van der Waals surface area contributed by atoms with Crippen LogP contribution in [-0.4, -0.2) is 102 Å². The molecule has 3 aromatic carbocycles. The molecule has 4 aromatic rings. The van der Waals surface area contributed by atoms with Crippen LogP contribution in [0.4, 0.5) is 34.5 Å². The number of halogens is 1. The SMILES string of the molecule is CNC(=O)c1ccccc1Nc1nc(Nc2ccc(N3CCN(CCCCC(=O)Nc4cccc5c4CN(C4CCC(=O)NC4=O)C5=O)CC3)cc2OC)ncc1Cl. The van der Waals surface area contributed by atoms with E-state index in [2.05, 4.69) is 46.4 Å². The molecule has 5 amide bonds. The second-order valence-corrected chi connectivity index (χ2v) is 14.6. The maximum atomic E-state index is 13.1. The largest absolute Gasteiger partial charge is 0.494 e. The number of unbranched alkanes of at least 4 members (excludes halogenated alkanes) is 1. The summed E-state index contributed by atoms with van der Waals surface area (Å²) in [5.74, 6) is -0.192. The van der Waals surface area contributed by atoms with E-state index >= 15 is 0 Å². The Morgan fingerprint density at radius 1 is 0.948 bits per heavy atom. The number of rotatable bonds is 14. The van der Waals surface area contributed by atoms with E-state index in [0.29, 0.717) is 64.1 Å². The molecule has 5 N–H and O–H groups in total. The smallest absolute Gasteiger partial charge is 0.255 e. The van der Waals surface area contributed by atoms with Gasteiger partial charge in [-0.3, -0.25) is 34.2 Å². The Bertz CT molecular complexity index is 2230. The van der Waals surface area contributed by atoms with Gasteiger partial charge in [0.15, 0.2) is 5.82 Å². The quantitative estimate of drug-likeness (QED) is 0.0876. The van der Waals surface area contributed by atoms with Crippen molar-refractivity contribution in [2.75, 3.05) is 67.7 Å². The second kappa shape index (κ2) is 17.9. The molecule has 0 spiro atoms. The first-order chi connectivity index (χ1) is 28.1. The fraction of sp³-hybridized carbons (Fsp3) is 0.341. The summed E-state index contributed by atoms with van der Waals surface area (Å²) in [6.45, 7) is 4.49. The van der Waals surface area contributed by atoms with Crippen LogP contribution >= 0.6 is 11.6 Å². The zero-order valence-electron chi connectivity index (χ0n) is 32.3. The molecule has 16 nitrogen and oxygen atoms in total. The molecule has 1 unspecified atom stereocenters. The number of carbonyl (C=O) groups excluding carboxylic acids is 5. The van der Waals surface area contributed by atoms with Crippen LogP contribution in [0.5, 0.6) is 5.75 Å². The lowest BCUT2D eigenvalue weighted by Gasteiger charge is -2.36. The van der Waals surface area contributed by atoms with Crippen molar-refractivity contribution < 1.29 is 28.7 Å². The number of amides is 5. The Balaban J connectivity index is 0.867. The van der Waals surface area contributed by atoms with E-state index in [0.717, 1.165) is 44.8 Å². The minimum absolute atomic E-state index is 0.125. The molecule has 1 aromatic heterocycles. The number of piperidine rings is 1. The Labute approximate surface area is 340 Å². The summed E-state index contributed by atoms with van der Waals surface area (Å²) in [5, 5.41) is 14.6. The van der Waals surface area contributed by atoms with E-state index in [1.54, 1.807) is 50.6 Å². The van der Waals surface area contributed by atoms with Crippen LogP contribution in [-0.2, 0) is 20.9 Å². The summed E-state index contributed by atoms with van der Waals surface area (Å²) in [5.41, 5.74) is 4.42. The predicted molar refractivity (Wildman–Crippen MR) is 220 cm³/mol. The lowest BCUT2D eigenvalue weighted by Crippen LogP contribution is -2.52. The molecule has 17 heteroatoms. The number of nitrogens with zero attached hydrogens (tertiary/aromatic N) is 5. The number of hydrogen-bond donors (Lipinski definition) is 5. The first kappa shape index (κ1) is 40.0. The Hall–Kier alpha value is -6.26. The summed E-state index contributed by atoms with van der Waals surface area (Å²) >= 11 is 6.42. The summed E-state index contributed by atoms with van der Waals surface area (Å²) in [6.07, 6.45) is 3.87. The highest BCUT2D eigenvalue weighted by molar-refractivity contribution is 6.33. The van der Waals surface area contributed by atoms with Gasteiger partial charge >= 0.3 is 0 Å². The van der Waals surface area contributed by atoms with Crippen molar-refractivity contribution in [3.05, 3.63) is 88.6 Å². The number of anilines is 6. The number of ether oxygens (including phenoxy) is 1. The fourth-order valence-electron chi connectivity index (χ4n) is 7.43. The standard InChI is InChI=1S/C41H45ClN10O6/c1-43-38(55)27-8-3-4-10-30(27)46-37-29(42)23-44-41(49-37)47-32-14-13-25(22-34(32)58-2)51-20-18-50(19-21-51)17-6-5-12-35(53)45-31-11-7-9-26-28(31)24-52(40(26)57)33-15-16-36(54)48-39(33)56/h3-4,7-11,13-14,22-23,33H,5-6,12,15-21,24H2,1-2H3,(H,43,55)(H,45,53)(H,48,54,56)(H2,44,46,47,49). The molecule has 0 bridgehead atoms. The Morgan fingerprint density at radius 3 is 2.52 bits per heavy atom. The number of carbonyl (C=O) groups is 5. The zero-order valence-corrected chi connectivity index (χ0v) is 33.0. The molecule has 58 heavy (non-hydrogen) atoms. The van der Waals surface area contributed by atoms with Crippen LogP contribution < -0.4 is 36.2 Å². The third kappa shape index (κ3) is 8.98. The number of para-hydroxylation sites is 1. The maximum absolute atomic E-state index is 13.1. The molecular weight excluding hydrogens is 764 g/mol. The third-order valence-corrected chi connectivity index (χ3v) is 10.8. The number of piperazine rings is 1. The van der Waals surface area contributed by atoms with Crippen molar-refractivity contribution in [3.8, 4) is 5.75 Å². The number of imide groups is 1. The van der Waals surface area contributed by atoms with Crippen molar-refractivity contribution in [1.29, 1.82) is 0 Å². The van der Waals surface area contributed by atoms with Gasteiger partial charge in [0.1, 0.15) is 16.8 Å². The van der Waals surface area contributed by atoms with Gasteiger partial charge in [-0.05, 0) is 62.2 Å². The number of fused-ring (bicyclic) bond motifs is 1. The average molecular weight is 809 g/mol. The molecular formula is C41H45ClN10O6. The lowest BCUT2D eigenvalue weighted by atomic mass is 10.0. The van der Waals surface area contributed by atoms with Gasteiger partial charge in [0.2, 0.25) is 23.7 Å². The van der Waals surface area contributed by atoms with Crippen LogP contribution in [0.25, 0.3) is 0 Å². The maximum Gasteiger partial charge on any atom is 0.255 e. The molecule has 2 saturated heterocycles. The van der Waals surface area contributed by atoms with Gasteiger partial charge in [0.05, 0.1) is 30.2 Å². The fourth-order valence-corrected chi connectivity index (χ4v) is 7.57. The molecule has 0 radical (unpaired) electrons. The second-order valence-electron chi connectivity index (χ2n) is 14.2. The first-order valence-corrected chi connectivity index (χ1v) is 19.6. The van der Waals surface area contributed by atoms with Gasteiger partial charge in [-0.1, -0.05) is 29.8 Å². The van der Waals surface area contributed by atoms with Crippen molar-refractivity contribution in [2.45, 2.75) is 44.7 Å². The van der Waals surface area contributed by atoms with E-state index in [1.807, 2.05) is 24.3 Å². The summed E-state index contributed by atoms with van der Waals surface area (Å²) in [4.78, 5) is 77.6. The van der Waals surface area contributed by atoms with E-state index in [9.17, 15) is 24.0 Å². The highest BCUT2D eigenvalue weighted by atomic mass is 35.5. The topological polar surface area (TPSA) is 190 Å². The van der Waals surface area contributed by atoms with Gasteiger partial charge in [0, 0.05) is 81.2 Å². The molecule has 4 heterocycles. The average Bonchev–Trinajstić information content (AvgIpc) is 3.57. The number of aromatic nitrogens is 2. The van der Waals surface area contributed by atoms with Gasteiger partial charge in [0.25, 0.3) is 11.8 Å².